The molecule has 0 unspecified atom stereocenters. The Balaban J connectivity index is 2.25. The molecule has 76 valence electrons. The van der Waals surface area contributed by atoms with E-state index < -0.39 is 0 Å². The first kappa shape index (κ1) is 9.72. The molecular weight excluding hydrogens is 170 g/mol. The van der Waals surface area contributed by atoms with E-state index >= 15 is 0 Å². The van der Waals surface area contributed by atoms with Crippen molar-refractivity contribution in [1.29, 1.82) is 0 Å². The molecule has 0 saturated carbocycles. The van der Waals surface area contributed by atoms with E-state index in [0.717, 1.165) is 13.0 Å². The molecule has 0 saturated heterocycles. The van der Waals surface area contributed by atoms with Gasteiger partial charge >= 0.3 is 0 Å². The highest BCUT2D eigenvalue weighted by molar-refractivity contribution is 5.33. The Bertz CT molecular complexity index is 317. The molecule has 1 aromatic rings. The van der Waals surface area contributed by atoms with Gasteiger partial charge < -0.3 is 0 Å². The second-order valence-electron chi connectivity index (χ2n) is 4.08. The van der Waals surface area contributed by atoms with Crippen LogP contribution in [0.5, 0.6) is 0 Å². The van der Waals surface area contributed by atoms with Crippen molar-refractivity contribution in [3.63, 3.8) is 0 Å². The number of rotatable bonds is 2. The van der Waals surface area contributed by atoms with Crippen molar-refractivity contribution >= 4 is 0 Å². The third-order valence-corrected chi connectivity index (χ3v) is 3.22. The number of hydrogen-bond donors (Lipinski definition) is 0. The molecule has 14 heavy (non-hydrogen) atoms. The summed E-state index contributed by atoms with van der Waals surface area (Å²) >= 11 is 0. The average Bonchev–Trinajstić information content (AvgIpc) is 2.27. The van der Waals surface area contributed by atoms with E-state index in [2.05, 4.69) is 36.9 Å². The summed E-state index contributed by atoms with van der Waals surface area (Å²) in [5, 5.41) is 0. The summed E-state index contributed by atoms with van der Waals surface area (Å²) < 4.78 is 0. The first-order valence-corrected chi connectivity index (χ1v) is 5.66. The van der Waals surface area contributed by atoms with Gasteiger partial charge in [-0.25, -0.2) is 0 Å². The number of benzene rings is 1. The van der Waals surface area contributed by atoms with Crippen LogP contribution in [0.4, 0.5) is 0 Å². The molecule has 1 heterocycles. The van der Waals surface area contributed by atoms with E-state index in [1.807, 2.05) is 0 Å². The Morgan fingerprint density at radius 1 is 1.21 bits per heavy atom. The summed E-state index contributed by atoms with van der Waals surface area (Å²) in [4.78, 5) is 2.52. The summed E-state index contributed by atoms with van der Waals surface area (Å²) in [5.74, 6) is 0. The van der Waals surface area contributed by atoms with Crippen LogP contribution in [0.15, 0.2) is 18.2 Å². The molecule has 2 rings (SSSR count). The van der Waals surface area contributed by atoms with Crippen molar-refractivity contribution in [1.82, 2.24) is 4.90 Å². The Labute approximate surface area is 86.7 Å². The van der Waals surface area contributed by atoms with Gasteiger partial charge in [-0.15, -0.1) is 0 Å². The maximum absolute atomic E-state index is 2.52. The van der Waals surface area contributed by atoms with Crippen molar-refractivity contribution in [3.8, 4) is 0 Å². The molecule has 1 aliphatic heterocycles. The van der Waals surface area contributed by atoms with Crippen molar-refractivity contribution in [3.05, 3.63) is 34.9 Å². The fourth-order valence-corrected chi connectivity index (χ4v) is 2.16. The number of likely N-dealkylation sites (N-methyl/N-ethyl adjacent to an activating group) is 1. The Morgan fingerprint density at radius 2 is 2.07 bits per heavy atom. The number of aryl methyl sites for hydroxylation is 1. The minimum absolute atomic E-state index is 1.15. The smallest absolute Gasteiger partial charge is 0.0236 e. The summed E-state index contributed by atoms with van der Waals surface area (Å²) in [6.07, 6.45) is 2.38. The standard InChI is InChI=1S/C13H19N/c1-3-11-5-6-12-7-8-14(4-2)10-13(12)9-11/h5-6,9H,3-4,7-8,10H2,1-2H3. The van der Waals surface area contributed by atoms with E-state index in [1.54, 1.807) is 11.1 Å². The van der Waals surface area contributed by atoms with E-state index in [9.17, 15) is 0 Å². The fraction of sp³-hybridized carbons (Fsp3) is 0.538. The van der Waals surface area contributed by atoms with Crippen LogP contribution in [0.1, 0.15) is 30.5 Å². The molecule has 0 aliphatic carbocycles. The van der Waals surface area contributed by atoms with Gasteiger partial charge in [0.2, 0.25) is 0 Å². The zero-order valence-electron chi connectivity index (χ0n) is 9.21. The summed E-state index contributed by atoms with van der Waals surface area (Å²) in [5.41, 5.74) is 4.59. The van der Waals surface area contributed by atoms with Crippen molar-refractivity contribution in [2.75, 3.05) is 13.1 Å². The fourth-order valence-electron chi connectivity index (χ4n) is 2.16. The van der Waals surface area contributed by atoms with Gasteiger partial charge in [-0.2, -0.15) is 0 Å². The SMILES string of the molecule is CCc1ccc2c(c1)CN(CC)CC2. The van der Waals surface area contributed by atoms with Gasteiger partial charge in [0.25, 0.3) is 0 Å². The highest BCUT2D eigenvalue weighted by Gasteiger charge is 2.14. The average molecular weight is 189 g/mol. The van der Waals surface area contributed by atoms with Crippen LogP contribution in [0, 0.1) is 0 Å². The molecule has 1 aromatic carbocycles. The molecule has 0 amide bonds. The van der Waals surface area contributed by atoms with Crippen LogP contribution in [0.3, 0.4) is 0 Å². The lowest BCUT2D eigenvalue weighted by Gasteiger charge is -2.27. The highest BCUT2D eigenvalue weighted by Crippen LogP contribution is 2.20. The Morgan fingerprint density at radius 3 is 2.79 bits per heavy atom. The molecule has 0 radical (unpaired) electrons. The monoisotopic (exact) mass is 189 g/mol. The molecule has 0 spiro atoms. The third kappa shape index (κ3) is 1.83. The minimum atomic E-state index is 1.15. The van der Waals surface area contributed by atoms with Crippen LogP contribution in [0.25, 0.3) is 0 Å². The van der Waals surface area contributed by atoms with Gasteiger partial charge in [-0.05, 0) is 36.1 Å². The predicted octanol–water partition coefficient (Wildman–Crippen LogP) is 2.63. The normalized spacial score (nSPS) is 16.7. The molecule has 0 fully saturated rings. The summed E-state index contributed by atoms with van der Waals surface area (Å²) in [6, 6.07) is 6.98. The second kappa shape index (κ2) is 4.14. The summed E-state index contributed by atoms with van der Waals surface area (Å²) in [6.45, 7) is 8.03. The van der Waals surface area contributed by atoms with Crippen molar-refractivity contribution in [2.24, 2.45) is 0 Å². The highest BCUT2D eigenvalue weighted by atomic mass is 15.1. The lowest BCUT2D eigenvalue weighted by molar-refractivity contribution is 0.268. The van der Waals surface area contributed by atoms with E-state index in [1.165, 1.54) is 25.1 Å². The lowest BCUT2D eigenvalue weighted by atomic mass is 9.97. The zero-order valence-corrected chi connectivity index (χ0v) is 9.21. The van der Waals surface area contributed by atoms with Gasteiger partial charge in [-0.3, -0.25) is 4.90 Å². The van der Waals surface area contributed by atoms with Gasteiger partial charge in [0.15, 0.2) is 0 Å². The lowest BCUT2D eigenvalue weighted by Crippen LogP contribution is -2.30. The topological polar surface area (TPSA) is 3.24 Å². The Hall–Kier alpha value is -0.820. The molecule has 0 aromatic heterocycles. The van der Waals surface area contributed by atoms with Crippen LogP contribution < -0.4 is 0 Å². The Kier molecular flexibility index (Phi) is 2.87. The summed E-state index contributed by atoms with van der Waals surface area (Å²) in [7, 11) is 0. The van der Waals surface area contributed by atoms with Crippen LogP contribution in [-0.2, 0) is 19.4 Å². The van der Waals surface area contributed by atoms with Gasteiger partial charge in [0.05, 0.1) is 0 Å². The molecule has 1 heteroatoms. The minimum Gasteiger partial charge on any atom is -0.299 e. The zero-order chi connectivity index (χ0) is 9.97. The van der Waals surface area contributed by atoms with Gasteiger partial charge in [0.1, 0.15) is 0 Å². The van der Waals surface area contributed by atoms with E-state index in [-0.39, 0.29) is 0 Å². The molecule has 0 N–H and O–H groups in total. The second-order valence-corrected chi connectivity index (χ2v) is 4.08. The van der Waals surface area contributed by atoms with Crippen molar-refractivity contribution in [2.45, 2.75) is 33.2 Å². The van der Waals surface area contributed by atoms with Crippen LogP contribution in [0.2, 0.25) is 0 Å². The quantitative estimate of drug-likeness (QED) is 0.691. The van der Waals surface area contributed by atoms with Gasteiger partial charge in [-0.1, -0.05) is 32.0 Å². The van der Waals surface area contributed by atoms with E-state index in [4.69, 9.17) is 0 Å². The van der Waals surface area contributed by atoms with E-state index in [0.29, 0.717) is 0 Å². The van der Waals surface area contributed by atoms with Gasteiger partial charge in [0, 0.05) is 13.1 Å². The maximum atomic E-state index is 2.52. The first-order chi connectivity index (χ1) is 6.83. The molecule has 1 aliphatic rings. The van der Waals surface area contributed by atoms with Crippen molar-refractivity contribution < 1.29 is 0 Å². The number of nitrogens with zero attached hydrogens (tertiary/aromatic N) is 1. The van der Waals surface area contributed by atoms with Crippen LogP contribution in [-0.4, -0.2) is 18.0 Å². The number of fused-ring (bicyclic) bond motifs is 1. The first-order valence-electron chi connectivity index (χ1n) is 5.66. The molecular formula is C13H19N. The largest absolute Gasteiger partial charge is 0.299 e. The molecule has 0 bridgehead atoms. The maximum Gasteiger partial charge on any atom is 0.0236 e. The molecule has 0 atom stereocenters. The molecule has 1 nitrogen and oxygen atoms in total. The predicted molar refractivity (Wildman–Crippen MR) is 60.5 cm³/mol. The number of hydrogen-bond acceptors (Lipinski definition) is 1. The van der Waals surface area contributed by atoms with Crippen LogP contribution >= 0.6 is 0 Å². The third-order valence-electron chi connectivity index (χ3n) is 3.22.